The molecule has 0 heterocycles. The largest absolute Gasteiger partial charge is 0.389 e. The van der Waals surface area contributed by atoms with Crippen LogP contribution in [0.4, 0.5) is 4.39 Å². The van der Waals surface area contributed by atoms with E-state index in [-0.39, 0.29) is 11.2 Å². The van der Waals surface area contributed by atoms with Crippen molar-refractivity contribution in [2.45, 2.75) is 51.6 Å². The lowest BCUT2D eigenvalue weighted by Gasteiger charge is -2.46. The predicted molar refractivity (Wildman–Crippen MR) is 75.0 cm³/mol. The number of halogens is 2. The number of benzene rings is 1. The highest BCUT2D eigenvalue weighted by Crippen LogP contribution is 2.45. The molecule has 1 fully saturated rings. The van der Waals surface area contributed by atoms with Crippen molar-refractivity contribution in [2.24, 2.45) is 5.41 Å². The molecule has 1 nitrogen and oxygen atoms in total. The van der Waals surface area contributed by atoms with Gasteiger partial charge in [-0.1, -0.05) is 42.6 Å². The Morgan fingerprint density at radius 1 is 1.28 bits per heavy atom. The van der Waals surface area contributed by atoms with Gasteiger partial charge in [0.2, 0.25) is 0 Å². The maximum Gasteiger partial charge on any atom is 0.126 e. The van der Waals surface area contributed by atoms with E-state index in [9.17, 15) is 9.50 Å². The Morgan fingerprint density at radius 3 is 2.61 bits per heavy atom. The first-order valence-electron chi connectivity index (χ1n) is 6.50. The Labute approximate surface area is 117 Å². The molecular formula is C15H20BrFO. The van der Waals surface area contributed by atoms with Crippen LogP contribution in [0.3, 0.4) is 0 Å². The summed E-state index contributed by atoms with van der Waals surface area (Å²) in [6.45, 7) is 4.17. The summed E-state index contributed by atoms with van der Waals surface area (Å²) in [7, 11) is 0. The molecule has 0 bridgehead atoms. The van der Waals surface area contributed by atoms with Gasteiger partial charge in [0.1, 0.15) is 5.82 Å². The van der Waals surface area contributed by atoms with Crippen molar-refractivity contribution in [1.82, 2.24) is 0 Å². The van der Waals surface area contributed by atoms with Crippen molar-refractivity contribution in [3.05, 3.63) is 34.1 Å². The fraction of sp³-hybridized carbons (Fsp3) is 0.600. The lowest BCUT2D eigenvalue weighted by atomic mass is 9.63. The van der Waals surface area contributed by atoms with E-state index >= 15 is 0 Å². The van der Waals surface area contributed by atoms with Crippen molar-refractivity contribution < 1.29 is 9.50 Å². The van der Waals surface area contributed by atoms with Gasteiger partial charge in [-0.15, -0.1) is 0 Å². The maximum absolute atomic E-state index is 13.8. The summed E-state index contributed by atoms with van der Waals surface area (Å²) in [5.74, 6) is -0.229. The number of hydrogen-bond acceptors (Lipinski definition) is 1. The molecule has 100 valence electrons. The predicted octanol–water partition coefficient (Wildman–Crippen LogP) is 4.46. The van der Waals surface area contributed by atoms with Crippen LogP contribution in [0.25, 0.3) is 0 Å². The summed E-state index contributed by atoms with van der Waals surface area (Å²) in [5, 5.41) is 10.9. The molecule has 1 aliphatic rings. The van der Waals surface area contributed by atoms with Crippen LogP contribution in [0.15, 0.2) is 22.7 Å². The molecule has 1 N–H and O–H groups in total. The fourth-order valence-corrected chi connectivity index (χ4v) is 3.29. The zero-order valence-corrected chi connectivity index (χ0v) is 12.6. The van der Waals surface area contributed by atoms with E-state index in [1.165, 1.54) is 6.07 Å². The van der Waals surface area contributed by atoms with Gasteiger partial charge in [0.15, 0.2) is 0 Å². The van der Waals surface area contributed by atoms with Crippen molar-refractivity contribution >= 4 is 15.9 Å². The SMILES string of the molecule is CC1(C)CCCCC1(O)Cc1cc(Br)ccc1F. The van der Waals surface area contributed by atoms with Crippen LogP contribution in [0, 0.1) is 11.2 Å². The number of hydrogen-bond donors (Lipinski definition) is 1. The summed E-state index contributed by atoms with van der Waals surface area (Å²) in [6.07, 6.45) is 4.32. The summed E-state index contributed by atoms with van der Waals surface area (Å²) in [5.41, 5.74) is -0.353. The average molecular weight is 315 g/mol. The van der Waals surface area contributed by atoms with Gasteiger partial charge >= 0.3 is 0 Å². The van der Waals surface area contributed by atoms with Gasteiger partial charge in [-0.05, 0) is 42.0 Å². The quantitative estimate of drug-likeness (QED) is 0.854. The van der Waals surface area contributed by atoms with Crippen LogP contribution < -0.4 is 0 Å². The zero-order chi connectivity index (χ0) is 13.4. The van der Waals surface area contributed by atoms with Crippen LogP contribution in [0.2, 0.25) is 0 Å². The van der Waals surface area contributed by atoms with E-state index in [2.05, 4.69) is 29.8 Å². The van der Waals surface area contributed by atoms with E-state index in [4.69, 9.17) is 0 Å². The normalized spacial score (nSPS) is 27.2. The number of rotatable bonds is 2. The molecule has 1 atom stereocenters. The molecular weight excluding hydrogens is 295 g/mol. The minimum absolute atomic E-state index is 0.153. The van der Waals surface area contributed by atoms with E-state index in [0.717, 1.165) is 30.2 Å². The standard InChI is InChI=1S/C15H20BrFO/c1-14(2)7-3-4-8-15(14,18)10-11-9-12(16)5-6-13(11)17/h5-6,9,18H,3-4,7-8,10H2,1-2H3. The first kappa shape index (κ1) is 14.0. The second-order valence-corrected chi connectivity index (χ2v) is 6.95. The first-order chi connectivity index (χ1) is 8.34. The molecule has 1 saturated carbocycles. The van der Waals surface area contributed by atoms with E-state index < -0.39 is 5.60 Å². The summed E-state index contributed by atoms with van der Waals surface area (Å²) < 4.78 is 14.7. The molecule has 1 aliphatic carbocycles. The van der Waals surface area contributed by atoms with Crippen LogP contribution in [-0.2, 0) is 6.42 Å². The minimum atomic E-state index is -0.799. The van der Waals surface area contributed by atoms with Gasteiger partial charge in [0, 0.05) is 10.9 Å². The van der Waals surface area contributed by atoms with Gasteiger partial charge < -0.3 is 5.11 Å². The Kier molecular flexibility index (Phi) is 3.84. The monoisotopic (exact) mass is 314 g/mol. The number of aliphatic hydroxyl groups is 1. The first-order valence-corrected chi connectivity index (χ1v) is 7.30. The lowest BCUT2D eigenvalue weighted by molar-refractivity contribution is -0.0962. The van der Waals surface area contributed by atoms with Crippen molar-refractivity contribution in [3.8, 4) is 0 Å². The second kappa shape index (κ2) is 4.93. The van der Waals surface area contributed by atoms with E-state index in [1.54, 1.807) is 12.1 Å². The van der Waals surface area contributed by atoms with Crippen LogP contribution in [0.1, 0.15) is 45.1 Å². The van der Waals surface area contributed by atoms with Crippen LogP contribution >= 0.6 is 15.9 Å². The molecule has 0 aromatic heterocycles. The molecule has 1 unspecified atom stereocenters. The van der Waals surface area contributed by atoms with Crippen LogP contribution in [0.5, 0.6) is 0 Å². The Hall–Kier alpha value is -0.410. The fourth-order valence-electron chi connectivity index (χ4n) is 2.88. The van der Waals surface area contributed by atoms with Gasteiger partial charge in [-0.25, -0.2) is 4.39 Å². The van der Waals surface area contributed by atoms with Crippen molar-refractivity contribution in [1.29, 1.82) is 0 Å². The molecule has 1 aromatic carbocycles. The third-order valence-corrected chi connectivity index (χ3v) is 4.89. The molecule has 0 aliphatic heterocycles. The molecule has 0 saturated heterocycles. The molecule has 2 rings (SSSR count). The average Bonchev–Trinajstić information content (AvgIpc) is 2.28. The van der Waals surface area contributed by atoms with Crippen molar-refractivity contribution in [3.63, 3.8) is 0 Å². The molecule has 0 spiro atoms. The molecule has 0 radical (unpaired) electrons. The van der Waals surface area contributed by atoms with Gasteiger partial charge in [-0.3, -0.25) is 0 Å². The highest BCUT2D eigenvalue weighted by molar-refractivity contribution is 9.10. The summed E-state index contributed by atoms with van der Waals surface area (Å²) in [6, 6.07) is 4.92. The Bertz CT molecular complexity index is 444. The van der Waals surface area contributed by atoms with Gasteiger partial charge in [0.25, 0.3) is 0 Å². The zero-order valence-electron chi connectivity index (χ0n) is 11.0. The maximum atomic E-state index is 13.8. The molecule has 18 heavy (non-hydrogen) atoms. The van der Waals surface area contributed by atoms with E-state index in [0.29, 0.717) is 12.0 Å². The minimum Gasteiger partial charge on any atom is -0.389 e. The van der Waals surface area contributed by atoms with E-state index in [1.807, 2.05) is 0 Å². The smallest absolute Gasteiger partial charge is 0.126 e. The highest BCUT2D eigenvalue weighted by atomic mass is 79.9. The summed E-state index contributed by atoms with van der Waals surface area (Å²) in [4.78, 5) is 0. The molecule has 1 aromatic rings. The lowest BCUT2D eigenvalue weighted by Crippen LogP contribution is -2.49. The topological polar surface area (TPSA) is 20.2 Å². The second-order valence-electron chi connectivity index (χ2n) is 6.04. The van der Waals surface area contributed by atoms with Crippen molar-refractivity contribution in [2.75, 3.05) is 0 Å². The molecule has 3 heteroatoms. The Balaban J connectivity index is 2.28. The highest BCUT2D eigenvalue weighted by Gasteiger charge is 2.45. The van der Waals surface area contributed by atoms with Gasteiger partial charge in [0.05, 0.1) is 5.60 Å². The van der Waals surface area contributed by atoms with Gasteiger partial charge in [-0.2, -0.15) is 0 Å². The summed E-state index contributed by atoms with van der Waals surface area (Å²) >= 11 is 3.36. The Morgan fingerprint density at radius 2 is 1.94 bits per heavy atom. The third kappa shape index (κ3) is 2.62. The third-order valence-electron chi connectivity index (χ3n) is 4.39. The van der Waals surface area contributed by atoms with Crippen LogP contribution in [-0.4, -0.2) is 10.7 Å². The molecule has 0 amide bonds.